The average molecular weight is 295 g/mol. The van der Waals surface area contributed by atoms with E-state index in [4.69, 9.17) is 0 Å². The molecule has 0 radical (unpaired) electrons. The summed E-state index contributed by atoms with van der Waals surface area (Å²) >= 11 is 1.88. The van der Waals surface area contributed by atoms with Gasteiger partial charge in [-0.15, -0.1) is 11.3 Å². The Morgan fingerprint density at radius 1 is 1.35 bits per heavy atom. The second kappa shape index (κ2) is 7.58. The van der Waals surface area contributed by atoms with Crippen molar-refractivity contribution < 1.29 is 0 Å². The molecule has 2 nitrogen and oxygen atoms in total. The fraction of sp³-hybridized carbons (Fsp3) is 0.765. The van der Waals surface area contributed by atoms with Gasteiger partial charge in [0.05, 0.1) is 0 Å². The van der Waals surface area contributed by atoms with E-state index in [1.165, 1.54) is 56.6 Å². The second-order valence-corrected chi connectivity index (χ2v) is 7.46. The minimum Gasteiger partial charge on any atom is -0.313 e. The highest BCUT2D eigenvalue weighted by atomic mass is 32.1. The van der Waals surface area contributed by atoms with Crippen LogP contribution in [0.2, 0.25) is 0 Å². The molecule has 20 heavy (non-hydrogen) atoms. The van der Waals surface area contributed by atoms with E-state index in [1.54, 1.807) is 0 Å². The van der Waals surface area contributed by atoms with Gasteiger partial charge in [0.2, 0.25) is 0 Å². The summed E-state index contributed by atoms with van der Waals surface area (Å²) in [6.07, 6.45) is 6.50. The highest BCUT2D eigenvalue weighted by Crippen LogP contribution is 2.29. The number of likely N-dealkylation sites (N-methyl/N-ethyl adjacent to an activating group) is 1. The Kier molecular flexibility index (Phi) is 6.06. The Labute approximate surface area is 128 Å². The molecule has 1 fully saturated rings. The zero-order valence-corrected chi connectivity index (χ0v) is 14.1. The number of hydrogen-bond acceptors (Lipinski definition) is 3. The lowest BCUT2D eigenvalue weighted by molar-refractivity contribution is 0.156. The molecule has 0 aliphatic heterocycles. The van der Waals surface area contributed by atoms with E-state index in [0.29, 0.717) is 5.41 Å². The molecule has 0 atom stereocenters. The SMILES string of the molecule is CCC(CC)(CNC1CC1)CN(C)CCc1cccs1. The van der Waals surface area contributed by atoms with Crippen LogP contribution in [0.5, 0.6) is 0 Å². The molecule has 1 aromatic rings. The third-order valence-corrected chi connectivity index (χ3v) is 5.70. The molecule has 1 N–H and O–H groups in total. The minimum atomic E-state index is 0.451. The van der Waals surface area contributed by atoms with Gasteiger partial charge in [0, 0.05) is 30.6 Å². The summed E-state index contributed by atoms with van der Waals surface area (Å²) in [5.74, 6) is 0. The van der Waals surface area contributed by atoms with Crippen molar-refractivity contribution in [3.8, 4) is 0 Å². The number of nitrogens with zero attached hydrogens (tertiary/aromatic N) is 1. The van der Waals surface area contributed by atoms with Crippen molar-refractivity contribution in [1.29, 1.82) is 0 Å². The fourth-order valence-corrected chi connectivity index (χ4v) is 3.53. The molecule has 114 valence electrons. The largest absolute Gasteiger partial charge is 0.313 e. The molecule has 1 saturated carbocycles. The van der Waals surface area contributed by atoms with Crippen LogP contribution >= 0.6 is 11.3 Å². The first kappa shape index (κ1) is 16.0. The zero-order valence-electron chi connectivity index (χ0n) is 13.3. The van der Waals surface area contributed by atoms with Crippen LogP contribution in [-0.4, -0.2) is 37.6 Å². The first-order chi connectivity index (χ1) is 9.67. The Hall–Kier alpha value is -0.380. The molecular weight excluding hydrogens is 264 g/mol. The molecule has 1 aliphatic carbocycles. The summed E-state index contributed by atoms with van der Waals surface area (Å²) in [6.45, 7) is 8.28. The normalized spacial score (nSPS) is 16.0. The third-order valence-electron chi connectivity index (χ3n) is 4.77. The summed E-state index contributed by atoms with van der Waals surface area (Å²) in [5, 5.41) is 5.93. The van der Waals surface area contributed by atoms with Crippen LogP contribution in [0.25, 0.3) is 0 Å². The van der Waals surface area contributed by atoms with Crippen LogP contribution < -0.4 is 5.32 Å². The van der Waals surface area contributed by atoms with Crippen molar-refractivity contribution in [2.45, 2.75) is 52.0 Å². The van der Waals surface area contributed by atoms with Crippen molar-refractivity contribution in [3.05, 3.63) is 22.4 Å². The summed E-state index contributed by atoms with van der Waals surface area (Å²) < 4.78 is 0. The first-order valence-electron chi connectivity index (χ1n) is 8.12. The van der Waals surface area contributed by atoms with Crippen LogP contribution in [0.3, 0.4) is 0 Å². The van der Waals surface area contributed by atoms with Gasteiger partial charge in [-0.05, 0) is 56.0 Å². The van der Waals surface area contributed by atoms with Gasteiger partial charge in [-0.2, -0.15) is 0 Å². The van der Waals surface area contributed by atoms with Gasteiger partial charge in [0.25, 0.3) is 0 Å². The molecule has 0 unspecified atom stereocenters. The zero-order chi connectivity index (χ0) is 14.4. The average Bonchev–Trinajstić information content (AvgIpc) is 3.15. The van der Waals surface area contributed by atoms with Crippen molar-refractivity contribution in [2.75, 3.05) is 26.7 Å². The van der Waals surface area contributed by atoms with Crippen molar-refractivity contribution in [1.82, 2.24) is 10.2 Å². The Bertz CT molecular complexity index is 366. The van der Waals surface area contributed by atoms with Crippen molar-refractivity contribution in [3.63, 3.8) is 0 Å². The summed E-state index contributed by atoms with van der Waals surface area (Å²) in [4.78, 5) is 4.04. The standard InChI is InChI=1S/C17H30N2S/c1-4-17(5-2,13-18-15-8-9-15)14-19(3)11-10-16-7-6-12-20-16/h6-7,12,15,18H,4-5,8-11,13-14H2,1-3H3. The molecule has 0 spiro atoms. The van der Waals surface area contributed by atoms with Gasteiger partial charge in [-0.25, -0.2) is 0 Å². The first-order valence-corrected chi connectivity index (χ1v) is 9.00. The van der Waals surface area contributed by atoms with Crippen LogP contribution in [-0.2, 0) is 6.42 Å². The molecule has 0 aromatic carbocycles. The van der Waals surface area contributed by atoms with E-state index in [2.05, 4.69) is 48.6 Å². The smallest absolute Gasteiger partial charge is 0.00684 e. The summed E-state index contributed by atoms with van der Waals surface area (Å²) in [7, 11) is 2.28. The third kappa shape index (κ3) is 4.87. The molecule has 0 bridgehead atoms. The molecule has 0 saturated heterocycles. The van der Waals surface area contributed by atoms with E-state index in [-0.39, 0.29) is 0 Å². The van der Waals surface area contributed by atoms with E-state index < -0.39 is 0 Å². The monoisotopic (exact) mass is 294 g/mol. The molecule has 1 aromatic heterocycles. The Morgan fingerprint density at radius 2 is 2.10 bits per heavy atom. The minimum absolute atomic E-state index is 0.451. The van der Waals surface area contributed by atoms with Crippen LogP contribution in [0, 0.1) is 5.41 Å². The van der Waals surface area contributed by atoms with Crippen LogP contribution in [0.1, 0.15) is 44.4 Å². The lowest BCUT2D eigenvalue weighted by Crippen LogP contribution is -2.43. The number of thiophene rings is 1. The van der Waals surface area contributed by atoms with Crippen LogP contribution in [0.4, 0.5) is 0 Å². The molecule has 1 aliphatic rings. The number of rotatable bonds is 10. The predicted molar refractivity (Wildman–Crippen MR) is 89.6 cm³/mol. The van der Waals surface area contributed by atoms with Crippen molar-refractivity contribution >= 4 is 11.3 Å². The van der Waals surface area contributed by atoms with E-state index >= 15 is 0 Å². The highest BCUT2D eigenvalue weighted by Gasteiger charge is 2.30. The van der Waals surface area contributed by atoms with Gasteiger partial charge < -0.3 is 10.2 Å². The molecule has 1 heterocycles. The van der Waals surface area contributed by atoms with Gasteiger partial charge in [-0.3, -0.25) is 0 Å². The highest BCUT2D eigenvalue weighted by molar-refractivity contribution is 7.09. The van der Waals surface area contributed by atoms with Gasteiger partial charge in [-0.1, -0.05) is 19.9 Å². The van der Waals surface area contributed by atoms with Crippen LogP contribution in [0.15, 0.2) is 17.5 Å². The van der Waals surface area contributed by atoms with Crippen molar-refractivity contribution in [2.24, 2.45) is 5.41 Å². The lowest BCUT2D eigenvalue weighted by atomic mass is 9.81. The second-order valence-electron chi connectivity index (χ2n) is 6.43. The maximum absolute atomic E-state index is 3.75. The van der Waals surface area contributed by atoms with Gasteiger partial charge in [0.1, 0.15) is 0 Å². The molecule has 2 rings (SSSR count). The predicted octanol–water partition coefficient (Wildman–Crippen LogP) is 3.78. The Morgan fingerprint density at radius 3 is 2.65 bits per heavy atom. The molecule has 0 amide bonds. The fourth-order valence-electron chi connectivity index (χ4n) is 2.84. The number of hydrogen-bond donors (Lipinski definition) is 1. The molecule has 3 heteroatoms. The maximum atomic E-state index is 3.75. The quantitative estimate of drug-likeness (QED) is 0.706. The van der Waals surface area contributed by atoms with Gasteiger partial charge in [0.15, 0.2) is 0 Å². The molecular formula is C17H30N2S. The van der Waals surface area contributed by atoms with E-state index in [0.717, 1.165) is 6.04 Å². The van der Waals surface area contributed by atoms with E-state index in [9.17, 15) is 0 Å². The maximum Gasteiger partial charge on any atom is 0.00684 e. The topological polar surface area (TPSA) is 15.3 Å². The van der Waals surface area contributed by atoms with Gasteiger partial charge >= 0.3 is 0 Å². The number of nitrogens with one attached hydrogen (secondary N) is 1. The summed E-state index contributed by atoms with van der Waals surface area (Å²) in [5.41, 5.74) is 0.451. The summed E-state index contributed by atoms with van der Waals surface area (Å²) in [6, 6.07) is 5.23. The van der Waals surface area contributed by atoms with E-state index in [1.807, 2.05) is 11.3 Å². The lowest BCUT2D eigenvalue weighted by Gasteiger charge is -2.36. The Balaban J connectivity index is 1.78.